The van der Waals surface area contributed by atoms with Crippen LogP contribution in [0.3, 0.4) is 0 Å². The van der Waals surface area contributed by atoms with Crippen LogP contribution < -0.4 is 0 Å². The largest absolute Gasteiger partial charge is 0.348 e. The van der Waals surface area contributed by atoms with Gasteiger partial charge in [0, 0.05) is 42.9 Å². The van der Waals surface area contributed by atoms with Crippen LogP contribution in [-0.4, -0.2) is 31.7 Å². The van der Waals surface area contributed by atoms with Crippen molar-refractivity contribution in [1.29, 1.82) is 0 Å². The van der Waals surface area contributed by atoms with Crippen LogP contribution in [0.25, 0.3) is 5.69 Å². The summed E-state index contributed by atoms with van der Waals surface area (Å²) in [5, 5.41) is 4.24. The Morgan fingerprint density at radius 3 is 2.88 bits per heavy atom. The van der Waals surface area contributed by atoms with Gasteiger partial charge in [-0.3, -0.25) is 4.79 Å². The molecule has 0 unspecified atom stereocenters. The van der Waals surface area contributed by atoms with E-state index in [0.29, 0.717) is 5.56 Å². The zero-order valence-corrected chi connectivity index (χ0v) is 13.7. The van der Waals surface area contributed by atoms with Gasteiger partial charge in [0.05, 0.1) is 11.7 Å². The third-order valence-corrected chi connectivity index (χ3v) is 4.67. The summed E-state index contributed by atoms with van der Waals surface area (Å²) >= 11 is 0. The summed E-state index contributed by atoms with van der Waals surface area (Å²) in [7, 11) is 0. The monoisotopic (exact) mass is 320 g/mol. The first-order valence-electron chi connectivity index (χ1n) is 8.34. The van der Waals surface area contributed by atoms with Crippen molar-refractivity contribution in [2.45, 2.75) is 25.9 Å². The van der Waals surface area contributed by atoms with Crippen LogP contribution in [0.5, 0.6) is 0 Å². The van der Waals surface area contributed by atoms with Crippen LogP contribution in [0, 0.1) is 0 Å². The fourth-order valence-corrected chi connectivity index (χ4v) is 3.51. The molecular weight excluding hydrogens is 300 g/mol. The second kappa shape index (κ2) is 6.00. The van der Waals surface area contributed by atoms with Crippen molar-refractivity contribution in [2.24, 2.45) is 0 Å². The molecule has 0 spiro atoms. The molecular formula is C19H20N4O. The minimum absolute atomic E-state index is 0.0864. The van der Waals surface area contributed by atoms with Gasteiger partial charge >= 0.3 is 0 Å². The number of hydrogen-bond donors (Lipinski definition) is 0. The lowest BCUT2D eigenvalue weighted by Crippen LogP contribution is -2.41. The number of carbonyl (C=O) groups excluding carboxylic acids is 1. The molecule has 1 aliphatic heterocycles. The lowest BCUT2D eigenvalue weighted by molar-refractivity contribution is 0.0618. The first-order valence-corrected chi connectivity index (χ1v) is 8.34. The molecule has 0 radical (unpaired) electrons. The van der Waals surface area contributed by atoms with Gasteiger partial charge in [-0.1, -0.05) is 13.0 Å². The van der Waals surface area contributed by atoms with Crippen molar-refractivity contribution >= 4 is 5.91 Å². The maximum atomic E-state index is 13.1. The fourth-order valence-electron chi connectivity index (χ4n) is 3.51. The average molecular weight is 320 g/mol. The molecule has 0 saturated carbocycles. The van der Waals surface area contributed by atoms with E-state index in [9.17, 15) is 4.79 Å². The molecule has 2 aromatic heterocycles. The normalized spacial score (nSPS) is 16.9. The summed E-state index contributed by atoms with van der Waals surface area (Å²) in [4.78, 5) is 15.1. The number of nitrogens with zero attached hydrogens (tertiary/aromatic N) is 4. The predicted octanol–water partition coefficient (Wildman–Crippen LogP) is 3.28. The summed E-state index contributed by atoms with van der Waals surface area (Å²) in [6.07, 6.45) is 6.62. The standard InChI is InChI=1S/C19H20N4O/c1-2-17-18-8-4-10-21(18)12-13-22(17)19(24)15-6-3-7-16(14-15)23-11-5-9-20-23/h3-11,14,17H,2,12-13H2,1H3/t17-/m0/s1. The van der Waals surface area contributed by atoms with E-state index in [4.69, 9.17) is 0 Å². The highest BCUT2D eigenvalue weighted by molar-refractivity contribution is 5.95. The van der Waals surface area contributed by atoms with E-state index in [2.05, 4.69) is 34.9 Å². The number of aromatic nitrogens is 3. The third-order valence-electron chi connectivity index (χ3n) is 4.67. The third kappa shape index (κ3) is 2.42. The molecule has 0 saturated heterocycles. The molecule has 4 rings (SSSR count). The molecule has 3 heterocycles. The van der Waals surface area contributed by atoms with E-state index >= 15 is 0 Å². The van der Waals surface area contributed by atoms with Crippen molar-refractivity contribution < 1.29 is 4.79 Å². The van der Waals surface area contributed by atoms with Gasteiger partial charge in [-0.15, -0.1) is 0 Å². The molecule has 1 aromatic carbocycles. The minimum atomic E-state index is 0.0864. The van der Waals surface area contributed by atoms with Gasteiger partial charge in [0.2, 0.25) is 0 Å². The second-order valence-electron chi connectivity index (χ2n) is 6.05. The van der Waals surface area contributed by atoms with Gasteiger partial charge in [0.25, 0.3) is 5.91 Å². The average Bonchev–Trinajstić information content (AvgIpc) is 3.31. The Morgan fingerprint density at radius 1 is 1.17 bits per heavy atom. The number of amides is 1. The fraction of sp³-hybridized carbons (Fsp3) is 0.263. The number of benzene rings is 1. The van der Waals surface area contributed by atoms with Gasteiger partial charge in [-0.2, -0.15) is 5.10 Å². The van der Waals surface area contributed by atoms with E-state index < -0.39 is 0 Å². The summed E-state index contributed by atoms with van der Waals surface area (Å²) in [5.74, 6) is 0.0864. The second-order valence-corrected chi connectivity index (χ2v) is 6.05. The topological polar surface area (TPSA) is 43.1 Å². The van der Waals surface area contributed by atoms with Crippen molar-refractivity contribution in [2.75, 3.05) is 6.54 Å². The Balaban J connectivity index is 1.65. The Labute approximate surface area is 141 Å². The number of carbonyl (C=O) groups is 1. The Hall–Kier alpha value is -2.82. The van der Waals surface area contributed by atoms with Crippen LogP contribution in [0.4, 0.5) is 0 Å². The Bertz CT molecular complexity index is 850. The lowest BCUT2D eigenvalue weighted by Gasteiger charge is -2.36. The number of rotatable bonds is 3. The first kappa shape index (κ1) is 14.8. The molecule has 0 bridgehead atoms. The molecule has 0 aliphatic carbocycles. The van der Waals surface area contributed by atoms with Gasteiger partial charge in [-0.05, 0) is 42.8 Å². The van der Waals surface area contributed by atoms with Gasteiger partial charge < -0.3 is 9.47 Å². The first-order chi connectivity index (χ1) is 11.8. The quantitative estimate of drug-likeness (QED) is 0.743. The molecule has 3 aromatic rings. The van der Waals surface area contributed by atoms with E-state index in [1.165, 1.54) is 5.69 Å². The summed E-state index contributed by atoms with van der Waals surface area (Å²) in [6, 6.07) is 13.9. The highest BCUT2D eigenvalue weighted by Crippen LogP contribution is 2.30. The molecule has 24 heavy (non-hydrogen) atoms. The smallest absolute Gasteiger partial charge is 0.254 e. The zero-order valence-electron chi connectivity index (χ0n) is 13.7. The molecule has 5 nitrogen and oxygen atoms in total. The Kier molecular flexibility index (Phi) is 3.69. The van der Waals surface area contributed by atoms with Crippen LogP contribution in [0.15, 0.2) is 61.1 Å². The van der Waals surface area contributed by atoms with Crippen molar-refractivity contribution in [1.82, 2.24) is 19.2 Å². The van der Waals surface area contributed by atoms with E-state index in [0.717, 1.165) is 25.2 Å². The van der Waals surface area contributed by atoms with Gasteiger partial charge in [0.15, 0.2) is 0 Å². The minimum Gasteiger partial charge on any atom is -0.348 e. The van der Waals surface area contributed by atoms with Crippen molar-refractivity contribution in [3.05, 3.63) is 72.3 Å². The maximum Gasteiger partial charge on any atom is 0.254 e. The molecule has 1 atom stereocenters. The Morgan fingerprint density at radius 2 is 2.08 bits per heavy atom. The molecule has 0 fully saturated rings. The van der Waals surface area contributed by atoms with Crippen LogP contribution in [0.2, 0.25) is 0 Å². The van der Waals surface area contributed by atoms with E-state index in [1.54, 1.807) is 10.9 Å². The molecule has 122 valence electrons. The van der Waals surface area contributed by atoms with Crippen molar-refractivity contribution in [3.63, 3.8) is 0 Å². The predicted molar refractivity (Wildman–Crippen MR) is 92.1 cm³/mol. The molecule has 1 amide bonds. The summed E-state index contributed by atoms with van der Waals surface area (Å²) in [6.45, 7) is 3.72. The molecule has 1 aliphatic rings. The lowest BCUT2D eigenvalue weighted by atomic mass is 10.0. The van der Waals surface area contributed by atoms with Crippen molar-refractivity contribution in [3.8, 4) is 5.69 Å². The zero-order chi connectivity index (χ0) is 16.5. The van der Waals surface area contributed by atoms with Crippen LogP contribution in [0.1, 0.15) is 35.4 Å². The highest BCUT2D eigenvalue weighted by atomic mass is 16.2. The van der Waals surface area contributed by atoms with Gasteiger partial charge in [-0.25, -0.2) is 4.68 Å². The number of fused-ring (bicyclic) bond motifs is 1. The van der Waals surface area contributed by atoms with E-state index in [-0.39, 0.29) is 11.9 Å². The molecule has 0 N–H and O–H groups in total. The highest BCUT2D eigenvalue weighted by Gasteiger charge is 2.30. The number of hydrogen-bond acceptors (Lipinski definition) is 2. The summed E-state index contributed by atoms with van der Waals surface area (Å²) in [5.41, 5.74) is 2.83. The summed E-state index contributed by atoms with van der Waals surface area (Å²) < 4.78 is 4.02. The SMILES string of the molecule is CC[C@H]1c2cccn2CCN1C(=O)c1cccc(-n2cccn2)c1. The van der Waals surface area contributed by atoms with Crippen LogP contribution in [-0.2, 0) is 6.54 Å². The molecule has 5 heteroatoms. The maximum absolute atomic E-state index is 13.1. The van der Waals surface area contributed by atoms with Crippen LogP contribution >= 0.6 is 0 Å². The van der Waals surface area contributed by atoms with E-state index in [1.807, 2.05) is 41.4 Å². The van der Waals surface area contributed by atoms with Gasteiger partial charge in [0.1, 0.15) is 0 Å².